The molecule has 132 valence electrons. The number of hydrogen-bond donors (Lipinski definition) is 2. The number of anilines is 3. The maximum atomic E-state index is 13.6. The first-order valence-corrected chi connectivity index (χ1v) is 7.60. The Hall–Kier alpha value is -3.42. The van der Waals surface area contributed by atoms with Crippen molar-refractivity contribution >= 4 is 23.2 Å². The van der Waals surface area contributed by atoms with Crippen molar-refractivity contribution in [2.24, 2.45) is 0 Å². The van der Waals surface area contributed by atoms with Gasteiger partial charge in [-0.3, -0.25) is 4.79 Å². The van der Waals surface area contributed by atoms with Crippen molar-refractivity contribution in [3.63, 3.8) is 0 Å². The number of halogens is 3. The molecule has 0 unspecified atom stereocenters. The molecule has 0 bridgehead atoms. The van der Waals surface area contributed by atoms with Crippen molar-refractivity contribution in [1.29, 1.82) is 0 Å². The molecule has 0 atom stereocenters. The van der Waals surface area contributed by atoms with Crippen LogP contribution in [-0.4, -0.2) is 16.1 Å². The van der Waals surface area contributed by atoms with Gasteiger partial charge in [-0.25, -0.2) is 13.2 Å². The molecule has 2 N–H and O–H groups in total. The van der Waals surface area contributed by atoms with E-state index in [2.05, 4.69) is 20.8 Å². The van der Waals surface area contributed by atoms with Gasteiger partial charge in [-0.05, 0) is 35.9 Å². The van der Waals surface area contributed by atoms with E-state index in [0.717, 1.165) is 12.1 Å². The normalized spacial score (nSPS) is 10.4. The van der Waals surface area contributed by atoms with E-state index in [0.29, 0.717) is 0 Å². The molecule has 0 fully saturated rings. The van der Waals surface area contributed by atoms with E-state index in [1.807, 2.05) is 0 Å². The van der Waals surface area contributed by atoms with E-state index < -0.39 is 23.4 Å². The van der Waals surface area contributed by atoms with Crippen LogP contribution in [-0.2, 0) is 11.2 Å². The molecule has 5 nitrogen and oxygen atoms in total. The van der Waals surface area contributed by atoms with Gasteiger partial charge in [0.05, 0.1) is 12.1 Å². The van der Waals surface area contributed by atoms with Crippen LogP contribution in [0, 0.1) is 17.5 Å². The quantitative estimate of drug-likeness (QED) is 0.728. The third-order valence-electron chi connectivity index (χ3n) is 3.43. The first kappa shape index (κ1) is 17.4. The molecule has 1 amide bonds. The van der Waals surface area contributed by atoms with Gasteiger partial charge in [0.15, 0.2) is 11.6 Å². The van der Waals surface area contributed by atoms with Crippen molar-refractivity contribution in [3.8, 4) is 0 Å². The molecule has 3 rings (SSSR count). The number of hydrogen-bond acceptors (Lipinski definition) is 4. The lowest BCUT2D eigenvalue weighted by atomic mass is 10.1. The fourth-order valence-corrected chi connectivity index (χ4v) is 2.20. The highest BCUT2D eigenvalue weighted by molar-refractivity contribution is 5.91. The zero-order valence-electron chi connectivity index (χ0n) is 13.3. The molecule has 3 aromatic rings. The molecular weight excluding hydrogens is 345 g/mol. The largest absolute Gasteiger partial charge is 0.336 e. The van der Waals surface area contributed by atoms with Crippen molar-refractivity contribution in [2.45, 2.75) is 6.42 Å². The van der Waals surface area contributed by atoms with E-state index in [-0.39, 0.29) is 29.3 Å². The minimum absolute atomic E-state index is 0.0389. The average Bonchev–Trinajstić information content (AvgIpc) is 2.61. The Kier molecular flexibility index (Phi) is 5.12. The van der Waals surface area contributed by atoms with Crippen LogP contribution in [0.3, 0.4) is 0 Å². The number of nitrogens with one attached hydrogen (secondary N) is 2. The number of amides is 1. The summed E-state index contributed by atoms with van der Waals surface area (Å²) in [6.07, 6.45) is -0.144. The Morgan fingerprint density at radius 3 is 2.31 bits per heavy atom. The van der Waals surface area contributed by atoms with Crippen LogP contribution in [0.1, 0.15) is 5.56 Å². The number of aromatic nitrogens is 2. The van der Waals surface area contributed by atoms with Crippen molar-refractivity contribution in [2.75, 3.05) is 10.6 Å². The molecule has 0 spiro atoms. The summed E-state index contributed by atoms with van der Waals surface area (Å²) in [6, 6.07) is 12.0. The number of rotatable bonds is 5. The summed E-state index contributed by atoms with van der Waals surface area (Å²) in [5, 5.41) is 12.7. The SMILES string of the molecule is O=C(Cc1ccccc1F)Nc1ccc(Nc2ccc(F)cc2F)nn1. The van der Waals surface area contributed by atoms with E-state index >= 15 is 0 Å². The molecule has 0 aliphatic carbocycles. The third-order valence-corrected chi connectivity index (χ3v) is 3.43. The van der Waals surface area contributed by atoms with E-state index in [4.69, 9.17) is 0 Å². The van der Waals surface area contributed by atoms with Crippen LogP contribution in [0.2, 0.25) is 0 Å². The first-order valence-electron chi connectivity index (χ1n) is 7.60. The highest BCUT2D eigenvalue weighted by Gasteiger charge is 2.10. The number of nitrogens with zero attached hydrogens (tertiary/aromatic N) is 2. The number of carbonyl (C=O) groups excluding carboxylic acids is 1. The van der Waals surface area contributed by atoms with Gasteiger partial charge in [-0.1, -0.05) is 18.2 Å². The Morgan fingerprint density at radius 2 is 1.62 bits per heavy atom. The van der Waals surface area contributed by atoms with E-state index in [9.17, 15) is 18.0 Å². The zero-order chi connectivity index (χ0) is 18.5. The topological polar surface area (TPSA) is 66.9 Å². The molecule has 2 aromatic carbocycles. The average molecular weight is 358 g/mol. The monoisotopic (exact) mass is 358 g/mol. The standard InChI is InChI=1S/C18H13F3N4O/c19-12-5-6-15(14(21)10-12)22-16-7-8-17(25-24-16)23-18(26)9-11-3-1-2-4-13(11)20/h1-8,10H,9H2,(H,22,24)(H,23,25,26). The van der Waals surface area contributed by atoms with Crippen LogP contribution in [0.25, 0.3) is 0 Å². The summed E-state index contributed by atoms with van der Waals surface area (Å²) >= 11 is 0. The Labute approximate surface area is 146 Å². The second-order valence-corrected chi connectivity index (χ2v) is 5.37. The fraction of sp³-hybridized carbons (Fsp3) is 0.0556. The van der Waals surface area contributed by atoms with Gasteiger partial charge in [0, 0.05) is 6.07 Å². The minimum Gasteiger partial charge on any atom is -0.336 e. The lowest BCUT2D eigenvalue weighted by Gasteiger charge is -2.08. The van der Waals surface area contributed by atoms with Crippen LogP contribution >= 0.6 is 0 Å². The van der Waals surface area contributed by atoms with Crippen LogP contribution < -0.4 is 10.6 Å². The van der Waals surface area contributed by atoms with Gasteiger partial charge in [0.1, 0.15) is 17.5 Å². The lowest BCUT2D eigenvalue weighted by molar-refractivity contribution is -0.115. The molecule has 1 aromatic heterocycles. The molecule has 0 radical (unpaired) electrons. The second kappa shape index (κ2) is 7.64. The maximum Gasteiger partial charge on any atom is 0.230 e. The van der Waals surface area contributed by atoms with Gasteiger partial charge < -0.3 is 10.6 Å². The predicted molar refractivity (Wildman–Crippen MR) is 90.4 cm³/mol. The Balaban J connectivity index is 1.62. The summed E-state index contributed by atoms with van der Waals surface area (Å²) in [6.45, 7) is 0. The summed E-state index contributed by atoms with van der Waals surface area (Å²) in [4.78, 5) is 11.9. The molecule has 0 saturated heterocycles. The van der Waals surface area contributed by atoms with E-state index in [1.54, 1.807) is 6.07 Å². The number of carbonyl (C=O) groups is 1. The molecule has 0 aliphatic heterocycles. The minimum atomic E-state index is -0.769. The molecule has 8 heteroatoms. The smallest absolute Gasteiger partial charge is 0.230 e. The van der Waals surface area contributed by atoms with Gasteiger partial charge in [0.25, 0.3) is 0 Å². The first-order chi connectivity index (χ1) is 12.5. The second-order valence-electron chi connectivity index (χ2n) is 5.37. The lowest BCUT2D eigenvalue weighted by Crippen LogP contribution is -2.16. The molecular formula is C18H13F3N4O. The van der Waals surface area contributed by atoms with Gasteiger partial charge in [0.2, 0.25) is 5.91 Å². The Morgan fingerprint density at radius 1 is 0.885 bits per heavy atom. The summed E-state index contributed by atoms with van der Waals surface area (Å²) in [5.74, 6) is -2.00. The van der Waals surface area contributed by atoms with Gasteiger partial charge in [-0.2, -0.15) is 0 Å². The van der Waals surface area contributed by atoms with Crippen LogP contribution in [0.15, 0.2) is 54.6 Å². The molecule has 1 heterocycles. The third kappa shape index (κ3) is 4.35. The maximum absolute atomic E-state index is 13.6. The van der Waals surface area contributed by atoms with E-state index in [1.165, 1.54) is 36.4 Å². The number of benzene rings is 2. The van der Waals surface area contributed by atoms with Crippen molar-refractivity contribution < 1.29 is 18.0 Å². The summed E-state index contributed by atoms with van der Waals surface area (Å²) in [7, 11) is 0. The molecule has 0 aliphatic rings. The summed E-state index contributed by atoms with van der Waals surface area (Å²) < 4.78 is 40.0. The molecule has 0 saturated carbocycles. The van der Waals surface area contributed by atoms with Gasteiger partial charge >= 0.3 is 0 Å². The fourth-order valence-electron chi connectivity index (χ4n) is 2.20. The molecule has 26 heavy (non-hydrogen) atoms. The highest BCUT2D eigenvalue weighted by Crippen LogP contribution is 2.19. The van der Waals surface area contributed by atoms with Crippen LogP contribution in [0.4, 0.5) is 30.5 Å². The van der Waals surface area contributed by atoms with Crippen molar-refractivity contribution in [1.82, 2.24) is 10.2 Å². The van der Waals surface area contributed by atoms with Gasteiger partial charge in [-0.15, -0.1) is 10.2 Å². The van der Waals surface area contributed by atoms with Crippen molar-refractivity contribution in [3.05, 3.63) is 77.6 Å². The predicted octanol–water partition coefficient (Wildman–Crippen LogP) is 3.82. The summed E-state index contributed by atoms with van der Waals surface area (Å²) in [5.41, 5.74) is 0.306. The zero-order valence-corrected chi connectivity index (χ0v) is 13.3. The highest BCUT2D eigenvalue weighted by atomic mass is 19.1. The van der Waals surface area contributed by atoms with Crippen LogP contribution in [0.5, 0.6) is 0 Å². The Bertz CT molecular complexity index is 932.